The minimum atomic E-state index is -2.03. The summed E-state index contributed by atoms with van der Waals surface area (Å²) in [5.41, 5.74) is 4.72. The van der Waals surface area contributed by atoms with Gasteiger partial charge in [0.1, 0.15) is 0 Å². The molecule has 0 bridgehead atoms. The Morgan fingerprint density at radius 2 is 1.50 bits per heavy atom. The van der Waals surface area contributed by atoms with E-state index in [-0.39, 0.29) is 45.1 Å². The summed E-state index contributed by atoms with van der Waals surface area (Å²) in [5, 5.41) is 10.8. The van der Waals surface area contributed by atoms with E-state index in [0.717, 1.165) is 19.3 Å². The zero-order valence-electron chi connectivity index (χ0n) is 31.2. The molecule has 0 aliphatic heterocycles. The maximum absolute atomic E-state index is 10.4. The van der Waals surface area contributed by atoms with Gasteiger partial charge < -0.3 is 18.7 Å². The van der Waals surface area contributed by atoms with Crippen molar-refractivity contribution in [2.24, 2.45) is 28.6 Å². The van der Waals surface area contributed by atoms with E-state index in [4.69, 9.17) is 13.6 Å². The zero-order chi connectivity index (χ0) is 33.3. The lowest BCUT2D eigenvalue weighted by Gasteiger charge is -2.59. The van der Waals surface area contributed by atoms with Crippen LogP contribution in [0.5, 0.6) is 0 Å². The molecule has 4 aliphatic carbocycles. The number of rotatable bonds is 9. The van der Waals surface area contributed by atoms with Gasteiger partial charge in [0.25, 0.3) is 0 Å². The molecule has 0 amide bonds. The maximum atomic E-state index is 10.4. The van der Waals surface area contributed by atoms with Crippen molar-refractivity contribution < 1.29 is 18.7 Å². The summed E-state index contributed by atoms with van der Waals surface area (Å²) < 4.78 is 21.0. The molecule has 44 heavy (non-hydrogen) atoms. The Morgan fingerprint density at radius 1 is 0.909 bits per heavy atom. The fraction of sp³-hybridized carbons (Fsp3) is 0.842. The average molecular weight is 645 g/mol. The molecule has 8 atom stereocenters. The summed E-state index contributed by atoms with van der Waals surface area (Å²) >= 11 is 0. The highest BCUT2D eigenvalue weighted by molar-refractivity contribution is 6.74. The predicted molar refractivity (Wildman–Crippen MR) is 191 cm³/mol. The van der Waals surface area contributed by atoms with Gasteiger partial charge in [-0.25, -0.2) is 0 Å². The van der Waals surface area contributed by atoms with Gasteiger partial charge in [0.05, 0.1) is 31.0 Å². The monoisotopic (exact) mass is 644 g/mol. The van der Waals surface area contributed by atoms with E-state index in [2.05, 4.69) is 121 Å². The van der Waals surface area contributed by atoms with E-state index in [1.54, 1.807) is 11.1 Å². The topological polar surface area (TPSA) is 47.9 Å². The lowest BCUT2D eigenvalue weighted by atomic mass is 9.49. The standard InChI is InChI=1S/C38H68O4Si2/c1-25(2)33(39)24-40-26(3)30-18-19-31-29-17-16-27-22-28(41-43(12,13)35(4,5)6)23-34(42-44(14,15)36(7,8)9)38(27,11)32(29)20-21-37(30,31)10/h16-18,25-26,28,31-34,39H,19-24H2,1-15H3/t26-,28-,31+,32+,33+,34+,37-,38+/m1/s1. The molecule has 4 rings (SSSR count). The lowest BCUT2D eigenvalue weighted by molar-refractivity contribution is -0.0423. The largest absolute Gasteiger partial charge is 0.414 e. The van der Waals surface area contributed by atoms with Crippen LogP contribution < -0.4 is 0 Å². The molecule has 252 valence electrons. The first-order valence-corrected chi connectivity index (χ1v) is 23.5. The van der Waals surface area contributed by atoms with Gasteiger partial charge in [-0.3, -0.25) is 0 Å². The Kier molecular flexibility index (Phi) is 10.1. The van der Waals surface area contributed by atoms with Crippen molar-refractivity contribution >= 4 is 16.6 Å². The third kappa shape index (κ3) is 6.48. The number of aliphatic hydroxyl groups excluding tert-OH is 1. The van der Waals surface area contributed by atoms with Crippen LogP contribution in [0.4, 0.5) is 0 Å². The summed E-state index contributed by atoms with van der Waals surface area (Å²) in [6.45, 7) is 35.6. The Morgan fingerprint density at radius 3 is 2.07 bits per heavy atom. The minimum absolute atomic E-state index is 0.0134. The van der Waals surface area contributed by atoms with Gasteiger partial charge in [0, 0.05) is 5.41 Å². The Labute approximate surface area is 273 Å². The van der Waals surface area contributed by atoms with Gasteiger partial charge in [-0.15, -0.1) is 0 Å². The Hall–Kier alpha value is -0.506. The molecule has 0 spiro atoms. The zero-order valence-corrected chi connectivity index (χ0v) is 33.2. The van der Waals surface area contributed by atoms with Crippen LogP contribution in [-0.2, 0) is 13.6 Å². The maximum Gasteiger partial charge on any atom is 0.192 e. The molecule has 1 N–H and O–H groups in total. The molecule has 2 saturated carbocycles. The Balaban J connectivity index is 1.66. The van der Waals surface area contributed by atoms with Crippen molar-refractivity contribution in [1.82, 2.24) is 0 Å². The average Bonchev–Trinajstić information content (AvgIpc) is 3.23. The van der Waals surface area contributed by atoms with E-state index in [0.29, 0.717) is 18.4 Å². The van der Waals surface area contributed by atoms with Gasteiger partial charge in [-0.1, -0.05) is 98.6 Å². The second-order valence-corrected chi connectivity index (χ2v) is 28.2. The van der Waals surface area contributed by atoms with Crippen LogP contribution in [0, 0.1) is 28.6 Å². The summed E-state index contributed by atoms with van der Waals surface area (Å²) in [5.74, 6) is 1.20. The predicted octanol–water partition coefficient (Wildman–Crippen LogP) is 10.2. The molecular weight excluding hydrogens is 577 g/mol. The van der Waals surface area contributed by atoms with Crippen molar-refractivity contribution in [3.8, 4) is 0 Å². The number of ether oxygens (including phenoxy) is 1. The van der Waals surface area contributed by atoms with E-state index in [9.17, 15) is 5.11 Å². The molecule has 0 heterocycles. The van der Waals surface area contributed by atoms with Gasteiger partial charge in [-0.2, -0.15) is 0 Å². The Bertz CT molecular complexity index is 1150. The summed E-state index contributed by atoms with van der Waals surface area (Å²) in [7, 11) is -3.95. The van der Waals surface area contributed by atoms with Gasteiger partial charge in [0.2, 0.25) is 0 Å². The minimum Gasteiger partial charge on any atom is -0.414 e. The van der Waals surface area contributed by atoms with Crippen molar-refractivity contribution in [2.75, 3.05) is 6.61 Å². The van der Waals surface area contributed by atoms with Crippen molar-refractivity contribution in [3.05, 3.63) is 34.9 Å². The molecule has 0 radical (unpaired) electrons. The number of aliphatic hydroxyl groups is 1. The summed E-state index contributed by atoms with van der Waals surface area (Å²) in [6.07, 6.45) is 12.9. The number of hydrogen-bond donors (Lipinski definition) is 1. The second kappa shape index (κ2) is 12.2. The second-order valence-electron chi connectivity index (χ2n) is 18.7. The van der Waals surface area contributed by atoms with E-state index >= 15 is 0 Å². The van der Waals surface area contributed by atoms with Crippen molar-refractivity contribution in [1.29, 1.82) is 0 Å². The first kappa shape index (κ1) is 36.3. The first-order chi connectivity index (χ1) is 20.0. The van der Waals surface area contributed by atoms with Crippen LogP contribution in [0.2, 0.25) is 36.3 Å². The molecule has 0 saturated heterocycles. The molecule has 2 fully saturated rings. The van der Waals surface area contributed by atoms with Crippen molar-refractivity contribution in [3.63, 3.8) is 0 Å². The first-order valence-electron chi connectivity index (χ1n) is 17.7. The molecule has 0 aromatic carbocycles. The van der Waals surface area contributed by atoms with Gasteiger partial charge in [0.15, 0.2) is 16.6 Å². The number of fused-ring (bicyclic) bond motifs is 5. The van der Waals surface area contributed by atoms with E-state index < -0.39 is 22.7 Å². The highest BCUT2D eigenvalue weighted by atomic mass is 28.4. The fourth-order valence-corrected chi connectivity index (χ4v) is 10.9. The quantitative estimate of drug-likeness (QED) is 0.200. The molecular formula is C38H68O4Si2. The third-order valence-electron chi connectivity index (χ3n) is 13.5. The van der Waals surface area contributed by atoms with Gasteiger partial charge >= 0.3 is 0 Å². The number of allylic oxidation sites excluding steroid dienone is 4. The van der Waals surface area contributed by atoms with Crippen LogP contribution >= 0.6 is 0 Å². The summed E-state index contributed by atoms with van der Waals surface area (Å²) in [4.78, 5) is 0. The summed E-state index contributed by atoms with van der Waals surface area (Å²) in [6, 6.07) is 0. The molecule has 0 aromatic heterocycles. The van der Waals surface area contributed by atoms with Crippen LogP contribution in [0.25, 0.3) is 0 Å². The lowest BCUT2D eigenvalue weighted by Crippen LogP contribution is -2.58. The van der Waals surface area contributed by atoms with Crippen LogP contribution in [0.15, 0.2) is 34.9 Å². The van der Waals surface area contributed by atoms with Crippen LogP contribution in [-0.4, -0.2) is 52.8 Å². The molecule has 6 heteroatoms. The highest BCUT2D eigenvalue weighted by Gasteiger charge is 2.59. The van der Waals surface area contributed by atoms with Crippen LogP contribution in [0.1, 0.15) is 108 Å². The third-order valence-corrected chi connectivity index (χ3v) is 22.5. The smallest absolute Gasteiger partial charge is 0.192 e. The molecule has 4 nitrogen and oxygen atoms in total. The van der Waals surface area contributed by atoms with E-state index in [1.807, 2.05) is 0 Å². The SMILES string of the molecule is CC(C)[C@@H](O)CO[C@H](C)C1=CC[C@H]2C3=CC=C4C[C@@H](O[Si](C)(C)C(C)(C)C)C[C@H](O[Si](C)(C)C(C)(C)C)[C@]4(C)[C@H]3CC[C@]12C. The van der Waals surface area contributed by atoms with Crippen LogP contribution in [0.3, 0.4) is 0 Å². The van der Waals surface area contributed by atoms with Crippen molar-refractivity contribution in [2.45, 2.75) is 169 Å². The molecule has 0 unspecified atom stereocenters. The normalized spacial score (nSPS) is 34.4. The molecule has 0 aromatic rings. The van der Waals surface area contributed by atoms with Gasteiger partial charge in [-0.05, 0) is 104 Å². The fourth-order valence-electron chi connectivity index (χ4n) is 8.17. The molecule has 4 aliphatic rings. The highest BCUT2D eigenvalue weighted by Crippen LogP contribution is 2.65. The van der Waals surface area contributed by atoms with E-state index in [1.165, 1.54) is 18.4 Å². The number of hydrogen-bond acceptors (Lipinski definition) is 4.